The Morgan fingerprint density at radius 1 is 1.40 bits per heavy atom. The molecule has 0 saturated heterocycles. The molecule has 1 aromatic carbocycles. The van der Waals surface area contributed by atoms with Crippen LogP contribution in [-0.2, 0) is 6.42 Å². The molecule has 74 valence electrons. The molecule has 3 nitrogen and oxygen atoms in total. The van der Waals surface area contributed by atoms with Crippen LogP contribution in [0.1, 0.15) is 18.1 Å². The Bertz CT molecular complexity index is 605. The molecule has 0 aliphatic rings. The fourth-order valence-corrected chi connectivity index (χ4v) is 1.62. The van der Waals surface area contributed by atoms with E-state index in [1.807, 2.05) is 19.1 Å². The second kappa shape index (κ2) is 3.58. The van der Waals surface area contributed by atoms with Crippen LogP contribution in [0.5, 0.6) is 0 Å². The lowest BCUT2D eigenvalue weighted by atomic mass is 10.0. The highest BCUT2D eigenvalue weighted by atomic mass is 16.1. The van der Waals surface area contributed by atoms with Crippen molar-refractivity contribution in [3.63, 3.8) is 0 Å². The van der Waals surface area contributed by atoms with Gasteiger partial charge in [-0.1, -0.05) is 13.0 Å². The predicted octanol–water partition coefficient (Wildman–Crippen LogP) is 1.96. The lowest BCUT2D eigenvalue weighted by Crippen LogP contribution is -2.06. The minimum absolute atomic E-state index is 0.147. The lowest BCUT2D eigenvalue weighted by Gasteiger charge is -2.01. The molecule has 0 unspecified atom stereocenters. The van der Waals surface area contributed by atoms with Crippen LogP contribution in [0, 0.1) is 11.3 Å². The number of benzene rings is 1. The van der Waals surface area contributed by atoms with Gasteiger partial charge in [0.25, 0.3) is 5.56 Å². The third-order valence-corrected chi connectivity index (χ3v) is 2.50. The molecule has 15 heavy (non-hydrogen) atoms. The largest absolute Gasteiger partial charge is 0.327 e. The molecule has 0 radical (unpaired) electrons. The maximum Gasteiger partial charge on any atom is 0.255 e. The molecule has 0 spiro atoms. The second-order valence-corrected chi connectivity index (χ2v) is 3.38. The Balaban J connectivity index is 2.90. The van der Waals surface area contributed by atoms with Gasteiger partial charge in [-0.05, 0) is 24.1 Å². The second-order valence-electron chi connectivity index (χ2n) is 3.38. The number of rotatable bonds is 1. The Labute approximate surface area is 87.0 Å². The van der Waals surface area contributed by atoms with Gasteiger partial charge in [0.1, 0.15) is 6.07 Å². The molecule has 1 heterocycles. The number of aryl methyl sites for hydroxylation is 1. The van der Waals surface area contributed by atoms with Crippen LogP contribution >= 0.6 is 0 Å². The highest BCUT2D eigenvalue weighted by Crippen LogP contribution is 2.16. The molecule has 1 N–H and O–H groups in total. The van der Waals surface area contributed by atoms with Crippen molar-refractivity contribution >= 4 is 10.8 Å². The molecule has 0 saturated carbocycles. The number of pyridine rings is 1. The van der Waals surface area contributed by atoms with Crippen LogP contribution in [0.2, 0.25) is 0 Å². The summed E-state index contributed by atoms with van der Waals surface area (Å²) in [6.45, 7) is 2.04. The van der Waals surface area contributed by atoms with Crippen molar-refractivity contribution in [1.82, 2.24) is 4.98 Å². The standard InChI is InChI=1S/C12H10N2O/c1-2-8-3-4-10-11(5-8)9(6-13)7-14-12(10)15/h3-5,7H,2H2,1H3,(H,14,15). The SMILES string of the molecule is CCc1ccc2c(=O)[nH]cc(C#N)c2c1. The Hall–Kier alpha value is -2.08. The van der Waals surface area contributed by atoms with Crippen molar-refractivity contribution in [2.24, 2.45) is 0 Å². The summed E-state index contributed by atoms with van der Waals surface area (Å²) < 4.78 is 0. The van der Waals surface area contributed by atoms with Gasteiger partial charge in [-0.2, -0.15) is 5.26 Å². The molecule has 0 aliphatic carbocycles. The molecule has 2 aromatic rings. The number of nitrogens with zero attached hydrogens (tertiary/aromatic N) is 1. The van der Waals surface area contributed by atoms with Gasteiger partial charge in [0.15, 0.2) is 0 Å². The van der Waals surface area contributed by atoms with Crippen LogP contribution in [0.15, 0.2) is 29.2 Å². The maximum atomic E-state index is 11.5. The number of nitrogens with one attached hydrogen (secondary N) is 1. The molecule has 0 fully saturated rings. The molecule has 0 atom stereocenters. The van der Waals surface area contributed by atoms with Gasteiger partial charge in [-0.15, -0.1) is 0 Å². The molecule has 2 rings (SSSR count). The summed E-state index contributed by atoms with van der Waals surface area (Å²) in [5, 5.41) is 10.2. The summed E-state index contributed by atoms with van der Waals surface area (Å²) in [6.07, 6.45) is 2.36. The molecule has 1 aromatic heterocycles. The summed E-state index contributed by atoms with van der Waals surface area (Å²) in [4.78, 5) is 14.0. The highest BCUT2D eigenvalue weighted by Gasteiger charge is 2.04. The zero-order valence-corrected chi connectivity index (χ0v) is 8.37. The fraction of sp³-hybridized carbons (Fsp3) is 0.167. The van der Waals surface area contributed by atoms with Gasteiger partial charge in [0, 0.05) is 17.0 Å². The van der Waals surface area contributed by atoms with Crippen LogP contribution in [0.4, 0.5) is 0 Å². The minimum atomic E-state index is -0.147. The van der Waals surface area contributed by atoms with Crippen molar-refractivity contribution < 1.29 is 0 Å². The molecular weight excluding hydrogens is 188 g/mol. The molecule has 0 aliphatic heterocycles. The minimum Gasteiger partial charge on any atom is -0.327 e. The first-order valence-electron chi connectivity index (χ1n) is 4.80. The molecular formula is C12H10N2O. The Morgan fingerprint density at radius 3 is 2.87 bits per heavy atom. The van der Waals surface area contributed by atoms with Gasteiger partial charge in [0.05, 0.1) is 5.56 Å². The number of hydrogen-bond donors (Lipinski definition) is 1. The van der Waals surface area contributed by atoms with Crippen molar-refractivity contribution in [2.75, 3.05) is 0 Å². The lowest BCUT2D eigenvalue weighted by molar-refractivity contribution is 1.14. The molecule has 0 amide bonds. The molecule has 0 bridgehead atoms. The fourth-order valence-electron chi connectivity index (χ4n) is 1.62. The number of H-pyrrole nitrogens is 1. The zero-order chi connectivity index (χ0) is 10.8. The van der Waals surface area contributed by atoms with Crippen molar-refractivity contribution in [1.29, 1.82) is 5.26 Å². The highest BCUT2D eigenvalue weighted by molar-refractivity contribution is 5.87. The van der Waals surface area contributed by atoms with Crippen LogP contribution in [-0.4, -0.2) is 4.98 Å². The van der Waals surface area contributed by atoms with E-state index in [-0.39, 0.29) is 5.56 Å². The Morgan fingerprint density at radius 2 is 2.20 bits per heavy atom. The van der Waals surface area contributed by atoms with E-state index in [4.69, 9.17) is 5.26 Å². The van der Waals surface area contributed by atoms with Crippen LogP contribution in [0.25, 0.3) is 10.8 Å². The van der Waals surface area contributed by atoms with Crippen molar-refractivity contribution in [2.45, 2.75) is 13.3 Å². The monoisotopic (exact) mass is 198 g/mol. The number of hydrogen-bond acceptors (Lipinski definition) is 2. The van der Waals surface area contributed by atoms with E-state index in [9.17, 15) is 4.79 Å². The number of aromatic amines is 1. The normalized spacial score (nSPS) is 10.1. The summed E-state index contributed by atoms with van der Waals surface area (Å²) >= 11 is 0. The first-order chi connectivity index (χ1) is 7.26. The predicted molar refractivity (Wildman–Crippen MR) is 58.7 cm³/mol. The van der Waals surface area contributed by atoms with Gasteiger partial charge in [-0.3, -0.25) is 4.79 Å². The zero-order valence-electron chi connectivity index (χ0n) is 8.37. The van der Waals surface area contributed by atoms with Crippen molar-refractivity contribution in [3.8, 4) is 6.07 Å². The number of fused-ring (bicyclic) bond motifs is 1. The summed E-state index contributed by atoms with van der Waals surface area (Å²) in [6, 6.07) is 7.67. The van der Waals surface area contributed by atoms with Crippen LogP contribution < -0.4 is 5.56 Å². The summed E-state index contributed by atoms with van der Waals surface area (Å²) in [7, 11) is 0. The smallest absolute Gasteiger partial charge is 0.255 e. The third-order valence-electron chi connectivity index (χ3n) is 2.50. The van der Waals surface area contributed by atoms with E-state index in [0.29, 0.717) is 10.9 Å². The van der Waals surface area contributed by atoms with E-state index in [2.05, 4.69) is 11.1 Å². The Kier molecular flexibility index (Phi) is 2.26. The van der Waals surface area contributed by atoms with Gasteiger partial charge < -0.3 is 4.98 Å². The average molecular weight is 198 g/mol. The summed E-state index contributed by atoms with van der Waals surface area (Å²) in [5.41, 5.74) is 1.50. The van der Waals surface area contributed by atoms with Crippen LogP contribution in [0.3, 0.4) is 0 Å². The quantitative estimate of drug-likeness (QED) is 0.761. The van der Waals surface area contributed by atoms with Gasteiger partial charge >= 0.3 is 0 Å². The topological polar surface area (TPSA) is 56.6 Å². The van der Waals surface area contributed by atoms with E-state index < -0.39 is 0 Å². The van der Waals surface area contributed by atoms with E-state index in [0.717, 1.165) is 17.4 Å². The number of nitriles is 1. The first-order valence-corrected chi connectivity index (χ1v) is 4.80. The molecule has 3 heteroatoms. The van der Waals surface area contributed by atoms with Gasteiger partial charge in [0.2, 0.25) is 0 Å². The first kappa shape index (κ1) is 9.47. The van der Waals surface area contributed by atoms with E-state index in [1.54, 1.807) is 6.07 Å². The average Bonchev–Trinajstić information content (AvgIpc) is 2.29. The van der Waals surface area contributed by atoms with Gasteiger partial charge in [-0.25, -0.2) is 0 Å². The summed E-state index contributed by atoms with van der Waals surface area (Å²) in [5.74, 6) is 0. The van der Waals surface area contributed by atoms with Crippen molar-refractivity contribution in [3.05, 3.63) is 45.9 Å². The third kappa shape index (κ3) is 1.50. The van der Waals surface area contributed by atoms with E-state index in [1.165, 1.54) is 6.20 Å². The van der Waals surface area contributed by atoms with E-state index >= 15 is 0 Å². The maximum absolute atomic E-state index is 11.5. The number of aromatic nitrogens is 1.